The molecule has 1 nitrogen and oxygen atoms in total. The molecule has 17 heavy (non-hydrogen) atoms. The molecule has 0 radical (unpaired) electrons. The van der Waals surface area contributed by atoms with Crippen molar-refractivity contribution in [3.8, 4) is 17.9 Å². The Balaban J connectivity index is 2.45. The van der Waals surface area contributed by atoms with Crippen LogP contribution >= 0.6 is 0 Å². The summed E-state index contributed by atoms with van der Waals surface area (Å²) in [5.41, 5.74) is 1.20. The highest BCUT2D eigenvalue weighted by Crippen LogP contribution is 2.11. The average molecular weight is 221 g/mol. The van der Waals surface area contributed by atoms with Gasteiger partial charge in [-0.1, -0.05) is 36.1 Å². The highest BCUT2D eigenvalue weighted by molar-refractivity contribution is 5.51. The Bertz CT molecular complexity index is 627. The summed E-state index contributed by atoms with van der Waals surface area (Å²) in [5, 5.41) is 8.86. The molecule has 2 aromatic rings. The van der Waals surface area contributed by atoms with Crippen molar-refractivity contribution in [2.75, 3.05) is 0 Å². The predicted molar refractivity (Wildman–Crippen MR) is 63.5 cm³/mol. The van der Waals surface area contributed by atoms with E-state index in [2.05, 4.69) is 11.8 Å². The first-order chi connectivity index (χ1) is 8.31. The van der Waals surface area contributed by atoms with Gasteiger partial charge in [0.15, 0.2) is 0 Å². The molecule has 0 saturated carbocycles. The van der Waals surface area contributed by atoms with Gasteiger partial charge in [0.25, 0.3) is 0 Å². The highest BCUT2D eigenvalue weighted by Gasteiger charge is 2.04. The molecular formula is C15H8FN. The third-order valence-electron chi connectivity index (χ3n) is 2.24. The standard InChI is InChI=1S/C15H8FN/c16-15-8-4-7-13(11-17)14(15)10-9-12-5-2-1-3-6-12/h1-8H. The SMILES string of the molecule is N#Cc1cccc(F)c1C#Cc1ccccc1. The van der Waals surface area contributed by atoms with Gasteiger partial charge in [-0.3, -0.25) is 0 Å². The van der Waals surface area contributed by atoms with Crippen molar-refractivity contribution in [2.24, 2.45) is 0 Å². The lowest BCUT2D eigenvalue weighted by Gasteiger charge is -1.96. The van der Waals surface area contributed by atoms with Crippen LogP contribution in [0.3, 0.4) is 0 Å². The van der Waals surface area contributed by atoms with Crippen molar-refractivity contribution in [3.63, 3.8) is 0 Å². The second-order valence-corrected chi connectivity index (χ2v) is 3.39. The van der Waals surface area contributed by atoms with Gasteiger partial charge in [0.05, 0.1) is 11.1 Å². The molecule has 0 N–H and O–H groups in total. The van der Waals surface area contributed by atoms with Gasteiger partial charge in [-0.2, -0.15) is 5.26 Å². The van der Waals surface area contributed by atoms with E-state index in [1.54, 1.807) is 6.07 Å². The fraction of sp³-hybridized carbons (Fsp3) is 0. The van der Waals surface area contributed by atoms with Gasteiger partial charge < -0.3 is 0 Å². The molecule has 0 aliphatic carbocycles. The minimum absolute atomic E-state index is 0.152. The molecule has 80 valence electrons. The van der Waals surface area contributed by atoms with Crippen LogP contribution in [0.25, 0.3) is 0 Å². The average Bonchev–Trinajstić information content (AvgIpc) is 2.38. The summed E-state index contributed by atoms with van der Waals surface area (Å²) in [6.45, 7) is 0. The number of nitriles is 1. The summed E-state index contributed by atoms with van der Waals surface area (Å²) in [5.74, 6) is 5.07. The molecule has 0 aliphatic heterocycles. The van der Waals surface area contributed by atoms with Crippen molar-refractivity contribution in [2.45, 2.75) is 0 Å². The molecule has 0 aliphatic rings. The zero-order valence-corrected chi connectivity index (χ0v) is 8.94. The van der Waals surface area contributed by atoms with E-state index in [9.17, 15) is 4.39 Å². The molecule has 0 amide bonds. The minimum atomic E-state index is -0.465. The van der Waals surface area contributed by atoms with Crippen molar-refractivity contribution in [1.82, 2.24) is 0 Å². The smallest absolute Gasteiger partial charge is 0.140 e. The molecule has 2 aromatic carbocycles. The maximum absolute atomic E-state index is 13.5. The van der Waals surface area contributed by atoms with E-state index in [-0.39, 0.29) is 11.1 Å². The first-order valence-corrected chi connectivity index (χ1v) is 5.07. The van der Waals surface area contributed by atoms with E-state index in [1.807, 2.05) is 36.4 Å². The van der Waals surface area contributed by atoms with Crippen LogP contribution in [0, 0.1) is 29.0 Å². The quantitative estimate of drug-likeness (QED) is 0.627. The van der Waals surface area contributed by atoms with E-state index in [0.29, 0.717) is 0 Å². The molecule has 2 heteroatoms. The van der Waals surface area contributed by atoms with Gasteiger partial charge >= 0.3 is 0 Å². The second-order valence-electron chi connectivity index (χ2n) is 3.39. The molecule has 0 saturated heterocycles. The molecule has 0 spiro atoms. The predicted octanol–water partition coefficient (Wildman–Crippen LogP) is 3.10. The third-order valence-corrected chi connectivity index (χ3v) is 2.24. The monoisotopic (exact) mass is 221 g/mol. The van der Waals surface area contributed by atoms with Crippen LogP contribution in [0.15, 0.2) is 48.5 Å². The first-order valence-electron chi connectivity index (χ1n) is 5.07. The van der Waals surface area contributed by atoms with Gasteiger partial charge in [-0.25, -0.2) is 4.39 Å². The molecule has 2 rings (SSSR count). The topological polar surface area (TPSA) is 23.8 Å². The lowest BCUT2D eigenvalue weighted by Crippen LogP contribution is -1.88. The van der Waals surface area contributed by atoms with Gasteiger partial charge in [-0.15, -0.1) is 0 Å². The number of hydrogen-bond acceptors (Lipinski definition) is 1. The summed E-state index contributed by atoms with van der Waals surface area (Å²) in [6.07, 6.45) is 0. The van der Waals surface area contributed by atoms with Crippen LogP contribution in [0.5, 0.6) is 0 Å². The zero-order chi connectivity index (χ0) is 12.1. The minimum Gasteiger partial charge on any atom is -0.206 e. The fourth-order valence-corrected chi connectivity index (χ4v) is 1.40. The van der Waals surface area contributed by atoms with E-state index in [0.717, 1.165) is 5.56 Å². The first kappa shape index (κ1) is 10.9. The van der Waals surface area contributed by atoms with Gasteiger partial charge in [0.1, 0.15) is 11.9 Å². The van der Waals surface area contributed by atoms with Crippen LogP contribution in [0.4, 0.5) is 4.39 Å². The van der Waals surface area contributed by atoms with E-state index in [4.69, 9.17) is 5.26 Å². The Hall–Kier alpha value is -2.58. The molecular weight excluding hydrogens is 213 g/mol. The van der Waals surface area contributed by atoms with E-state index >= 15 is 0 Å². The summed E-state index contributed by atoms with van der Waals surface area (Å²) >= 11 is 0. The molecule has 0 bridgehead atoms. The lowest BCUT2D eigenvalue weighted by molar-refractivity contribution is 0.624. The normalized spacial score (nSPS) is 8.94. The van der Waals surface area contributed by atoms with E-state index in [1.165, 1.54) is 12.1 Å². The second kappa shape index (κ2) is 4.96. The van der Waals surface area contributed by atoms with Gasteiger partial charge in [0.2, 0.25) is 0 Å². The van der Waals surface area contributed by atoms with Gasteiger partial charge in [0, 0.05) is 5.56 Å². The van der Waals surface area contributed by atoms with Gasteiger partial charge in [-0.05, 0) is 24.3 Å². The Morgan fingerprint density at radius 3 is 2.35 bits per heavy atom. The lowest BCUT2D eigenvalue weighted by atomic mass is 10.1. The molecule has 0 heterocycles. The maximum Gasteiger partial charge on any atom is 0.140 e. The Kier molecular flexibility index (Phi) is 3.19. The summed E-state index contributed by atoms with van der Waals surface area (Å²) in [4.78, 5) is 0. The maximum atomic E-state index is 13.5. The van der Waals surface area contributed by atoms with Crippen molar-refractivity contribution in [3.05, 3.63) is 71.0 Å². The number of halogens is 1. The van der Waals surface area contributed by atoms with Crippen molar-refractivity contribution >= 4 is 0 Å². The molecule has 0 fully saturated rings. The largest absolute Gasteiger partial charge is 0.206 e. The highest BCUT2D eigenvalue weighted by atomic mass is 19.1. The van der Waals surface area contributed by atoms with Crippen LogP contribution in [-0.4, -0.2) is 0 Å². The summed E-state index contributed by atoms with van der Waals surface area (Å²) < 4.78 is 13.5. The van der Waals surface area contributed by atoms with Crippen LogP contribution < -0.4 is 0 Å². The van der Waals surface area contributed by atoms with Crippen molar-refractivity contribution < 1.29 is 4.39 Å². The molecule has 0 aromatic heterocycles. The number of nitrogens with zero attached hydrogens (tertiary/aromatic N) is 1. The Labute approximate surface area is 99.1 Å². The molecule has 0 atom stereocenters. The zero-order valence-electron chi connectivity index (χ0n) is 8.94. The van der Waals surface area contributed by atoms with Crippen LogP contribution in [0.2, 0.25) is 0 Å². The van der Waals surface area contributed by atoms with Crippen LogP contribution in [0.1, 0.15) is 16.7 Å². The number of benzene rings is 2. The Morgan fingerprint density at radius 2 is 1.65 bits per heavy atom. The molecule has 0 unspecified atom stereocenters. The Morgan fingerprint density at radius 1 is 0.882 bits per heavy atom. The number of hydrogen-bond donors (Lipinski definition) is 0. The van der Waals surface area contributed by atoms with Crippen molar-refractivity contribution in [1.29, 1.82) is 5.26 Å². The van der Waals surface area contributed by atoms with Crippen LogP contribution in [-0.2, 0) is 0 Å². The number of rotatable bonds is 0. The van der Waals surface area contributed by atoms with E-state index < -0.39 is 5.82 Å². The summed E-state index contributed by atoms with van der Waals surface area (Å²) in [6, 6.07) is 15.6. The summed E-state index contributed by atoms with van der Waals surface area (Å²) in [7, 11) is 0. The fourth-order valence-electron chi connectivity index (χ4n) is 1.40. The third kappa shape index (κ3) is 2.51.